The SMILES string of the molecule is N#Cc1ccccc1CC(NC(=O)c1cc2cc(Cl)cnc2[nH]1)C(=O)N1CCC(F)(F)C1. The van der Waals surface area contributed by atoms with Crippen LogP contribution in [0.3, 0.4) is 0 Å². The highest BCUT2D eigenvalue weighted by Gasteiger charge is 2.42. The van der Waals surface area contributed by atoms with Crippen molar-refractivity contribution in [2.75, 3.05) is 13.1 Å². The van der Waals surface area contributed by atoms with Crippen LogP contribution in [0.25, 0.3) is 11.0 Å². The van der Waals surface area contributed by atoms with E-state index in [1.54, 1.807) is 30.3 Å². The summed E-state index contributed by atoms with van der Waals surface area (Å²) in [4.78, 5) is 34.0. The van der Waals surface area contributed by atoms with Gasteiger partial charge in [-0.25, -0.2) is 13.8 Å². The average Bonchev–Trinajstić information content (AvgIpc) is 3.35. The van der Waals surface area contributed by atoms with Crippen molar-refractivity contribution in [1.82, 2.24) is 20.2 Å². The van der Waals surface area contributed by atoms with Crippen molar-refractivity contribution in [2.24, 2.45) is 0 Å². The lowest BCUT2D eigenvalue weighted by atomic mass is 10.00. The molecule has 164 valence electrons. The molecule has 0 saturated carbocycles. The number of aromatic nitrogens is 2. The Morgan fingerprint density at radius 1 is 1.34 bits per heavy atom. The smallest absolute Gasteiger partial charge is 0.268 e. The van der Waals surface area contributed by atoms with E-state index < -0.39 is 36.7 Å². The number of amides is 2. The number of nitriles is 1. The molecule has 1 saturated heterocycles. The van der Waals surface area contributed by atoms with Crippen LogP contribution in [0.1, 0.15) is 28.0 Å². The van der Waals surface area contributed by atoms with Gasteiger partial charge in [-0.1, -0.05) is 29.8 Å². The maximum absolute atomic E-state index is 13.7. The second-order valence-corrected chi connectivity index (χ2v) is 8.08. The fraction of sp³-hybridized carbons (Fsp3) is 0.273. The molecule has 2 amide bonds. The standard InChI is InChI=1S/C22H18ClF2N5O2/c23-16-7-15-9-17(28-19(15)27-11-16)20(31)29-18(8-13-3-1-2-4-14(13)10-26)21(32)30-6-5-22(24,25)12-30/h1-4,7,9,11,18H,5-6,8,12H2,(H,27,28)(H,29,31). The molecule has 2 aromatic heterocycles. The summed E-state index contributed by atoms with van der Waals surface area (Å²) in [7, 11) is 0. The predicted octanol–water partition coefficient (Wildman–Crippen LogP) is 3.30. The zero-order chi connectivity index (χ0) is 22.9. The van der Waals surface area contributed by atoms with Gasteiger partial charge >= 0.3 is 0 Å². The van der Waals surface area contributed by atoms with Crippen LogP contribution in [0.15, 0.2) is 42.6 Å². The first-order valence-corrected chi connectivity index (χ1v) is 10.2. The van der Waals surface area contributed by atoms with Crippen LogP contribution in [-0.4, -0.2) is 51.7 Å². The molecule has 1 aliphatic rings. The molecule has 0 radical (unpaired) electrons. The summed E-state index contributed by atoms with van der Waals surface area (Å²) < 4.78 is 27.4. The van der Waals surface area contributed by atoms with Crippen LogP contribution in [-0.2, 0) is 11.2 Å². The maximum Gasteiger partial charge on any atom is 0.268 e. The van der Waals surface area contributed by atoms with Gasteiger partial charge in [0.1, 0.15) is 17.4 Å². The topological polar surface area (TPSA) is 102 Å². The molecule has 32 heavy (non-hydrogen) atoms. The van der Waals surface area contributed by atoms with Gasteiger partial charge in [-0.3, -0.25) is 9.59 Å². The predicted molar refractivity (Wildman–Crippen MR) is 113 cm³/mol. The van der Waals surface area contributed by atoms with Crippen LogP contribution in [0.2, 0.25) is 5.02 Å². The van der Waals surface area contributed by atoms with Crippen LogP contribution < -0.4 is 5.32 Å². The molecule has 1 aliphatic heterocycles. The summed E-state index contributed by atoms with van der Waals surface area (Å²) in [6.07, 6.45) is 0.990. The minimum absolute atomic E-state index is 0.0132. The molecule has 3 heterocycles. The molecular formula is C22H18ClF2N5O2. The third kappa shape index (κ3) is 4.55. The summed E-state index contributed by atoms with van der Waals surface area (Å²) in [6.45, 7) is -0.806. The molecule has 2 N–H and O–H groups in total. The lowest BCUT2D eigenvalue weighted by Crippen LogP contribution is -2.49. The Morgan fingerprint density at radius 2 is 2.12 bits per heavy atom. The van der Waals surface area contributed by atoms with Gasteiger partial charge in [0.2, 0.25) is 5.91 Å². The molecule has 1 atom stereocenters. The zero-order valence-electron chi connectivity index (χ0n) is 16.7. The Bertz CT molecular complexity index is 1240. The summed E-state index contributed by atoms with van der Waals surface area (Å²) in [6, 6.07) is 10.7. The Balaban J connectivity index is 1.61. The number of aromatic amines is 1. The fourth-order valence-electron chi connectivity index (χ4n) is 3.72. The van der Waals surface area contributed by atoms with E-state index >= 15 is 0 Å². The first-order valence-electron chi connectivity index (χ1n) is 9.85. The lowest BCUT2D eigenvalue weighted by molar-refractivity contribution is -0.133. The highest BCUT2D eigenvalue weighted by molar-refractivity contribution is 6.31. The quantitative estimate of drug-likeness (QED) is 0.613. The van der Waals surface area contributed by atoms with E-state index in [1.165, 1.54) is 12.3 Å². The van der Waals surface area contributed by atoms with E-state index in [9.17, 15) is 23.6 Å². The van der Waals surface area contributed by atoms with Gasteiger partial charge in [-0.15, -0.1) is 0 Å². The Morgan fingerprint density at radius 3 is 2.84 bits per heavy atom. The van der Waals surface area contributed by atoms with Gasteiger partial charge in [0.25, 0.3) is 11.8 Å². The molecule has 7 nitrogen and oxygen atoms in total. The van der Waals surface area contributed by atoms with Gasteiger partial charge in [0, 0.05) is 31.0 Å². The Labute approximate surface area is 187 Å². The Hall–Kier alpha value is -3.51. The molecular weight excluding hydrogens is 440 g/mol. The van der Waals surface area contributed by atoms with Crippen molar-refractivity contribution < 1.29 is 18.4 Å². The molecule has 4 rings (SSSR count). The number of nitrogens with one attached hydrogen (secondary N) is 2. The van der Waals surface area contributed by atoms with Gasteiger partial charge in [-0.05, 0) is 23.8 Å². The number of carbonyl (C=O) groups excluding carboxylic acids is 2. The summed E-state index contributed by atoms with van der Waals surface area (Å²) >= 11 is 5.93. The number of rotatable bonds is 5. The third-order valence-electron chi connectivity index (χ3n) is 5.33. The molecule has 0 spiro atoms. The van der Waals surface area contributed by atoms with E-state index in [2.05, 4.69) is 15.3 Å². The van der Waals surface area contributed by atoms with Crippen molar-refractivity contribution in [2.45, 2.75) is 24.8 Å². The number of carbonyl (C=O) groups is 2. The minimum Gasteiger partial charge on any atom is -0.339 e. The monoisotopic (exact) mass is 457 g/mol. The number of fused-ring (bicyclic) bond motifs is 1. The van der Waals surface area contributed by atoms with Crippen LogP contribution in [0, 0.1) is 11.3 Å². The van der Waals surface area contributed by atoms with E-state index in [0.29, 0.717) is 27.2 Å². The highest BCUT2D eigenvalue weighted by atomic mass is 35.5. The molecule has 0 aliphatic carbocycles. The van der Waals surface area contributed by atoms with Gasteiger partial charge in [0.05, 0.1) is 23.2 Å². The normalized spacial score (nSPS) is 16.0. The number of alkyl halides is 2. The van der Waals surface area contributed by atoms with Crippen molar-refractivity contribution >= 4 is 34.4 Å². The maximum atomic E-state index is 13.7. The number of pyridine rings is 1. The van der Waals surface area contributed by atoms with Crippen molar-refractivity contribution in [3.8, 4) is 6.07 Å². The second kappa shape index (κ2) is 8.55. The van der Waals surface area contributed by atoms with E-state index in [1.807, 2.05) is 6.07 Å². The van der Waals surface area contributed by atoms with Crippen LogP contribution in [0.4, 0.5) is 8.78 Å². The van der Waals surface area contributed by atoms with Gasteiger partial charge in [0.15, 0.2) is 0 Å². The van der Waals surface area contributed by atoms with Crippen molar-refractivity contribution in [1.29, 1.82) is 5.26 Å². The molecule has 1 unspecified atom stereocenters. The number of nitrogens with zero attached hydrogens (tertiary/aromatic N) is 3. The molecule has 10 heteroatoms. The number of hydrogen-bond donors (Lipinski definition) is 2. The average molecular weight is 458 g/mol. The molecule has 1 fully saturated rings. The largest absolute Gasteiger partial charge is 0.339 e. The number of benzene rings is 1. The molecule has 0 bridgehead atoms. The van der Waals surface area contributed by atoms with E-state index in [-0.39, 0.29) is 18.7 Å². The van der Waals surface area contributed by atoms with Crippen molar-refractivity contribution in [3.63, 3.8) is 0 Å². The summed E-state index contributed by atoms with van der Waals surface area (Å²) in [5.41, 5.74) is 1.46. The molecule has 3 aromatic rings. The number of H-pyrrole nitrogens is 1. The first-order chi connectivity index (χ1) is 15.3. The second-order valence-electron chi connectivity index (χ2n) is 7.64. The minimum atomic E-state index is -2.96. The van der Waals surface area contributed by atoms with Crippen LogP contribution >= 0.6 is 11.6 Å². The third-order valence-corrected chi connectivity index (χ3v) is 5.53. The number of likely N-dealkylation sites (tertiary alicyclic amines) is 1. The van der Waals surface area contributed by atoms with Crippen molar-refractivity contribution in [3.05, 3.63) is 64.4 Å². The lowest BCUT2D eigenvalue weighted by Gasteiger charge is -2.24. The van der Waals surface area contributed by atoms with Gasteiger partial charge in [-0.2, -0.15) is 5.26 Å². The fourth-order valence-corrected chi connectivity index (χ4v) is 3.88. The number of halogens is 3. The number of hydrogen-bond acceptors (Lipinski definition) is 4. The van der Waals surface area contributed by atoms with Gasteiger partial charge < -0.3 is 15.2 Å². The van der Waals surface area contributed by atoms with E-state index in [0.717, 1.165) is 4.90 Å². The Kier molecular flexibility index (Phi) is 5.80. The first kappa shape index (κ1) is 21.7. The van der Waals surface area contributed by atoms with E-state index in [4.69, 9.17) is 11.6 Å². The summed E-state index contributed by atoms with van der Waals surface area (Å²) in [5.74, 6) is -4.19. The molecule has 1 aromatic carbocycles. The summed E-state index contributed by atoms with van der Waals surface area (Å²) in [5, 5.41) is 13.0. The zero-order valence-corrected chi connectivity index (χ0v) is 17.5. The highest BCUT2D eigenvalue weighted by Crippen LogP contribution is 2.27. The van der Waals surface area contributed by atoms with Crippen LogP contribution in [0.5, 0.6) is 0 Å².